The fourth-order valence-electron chi connectivity index (χ4n) is 3.42. The van der Waals surface area contributed by atoms with Crippen LogP contribution in [0.1, 0.15) is 16.7 Å². The second kappa shape index (κ2) is 7.41. The van der Waals surface area contributed by atoms with Gasteiger partial charge in [-0.1, -0.05) is 59.6 Å². The monoisotopic (exact) mass is 417 g/mol. The maximum absolute atomic E-state index is 12.5. The summed E-state index contributed by atoms with van der Waals surface area (Å²) in [5.74, 6) is -0.908. The number of phenols is 2. The van der Waals surface area contributed by atoms with Gasteiger partial charge in [-0.3, -0.25) is 0 Å². The second-order valence-electron chi connectivity index (χ2n) is 6.69. The summed E-state index contributed by atoms with van der Waals surface area (Å²) < 4.78 is 5.45. The van der Waals surface area contributed by atoms with E-state index in [0.717, 1.165) is 16.3 Å². The van der Waals surface area contributed by atoms with Crippen molar-refractivity contribution in [3.8, 4) is 11.5 Å². The number of hydrogen-bond donors (Lipinski definition) is 2. The average Bonchev–Trinajstić information content (AvgIpc) is 2.74. The Balaban J connectivity index is 1.47. The first-order valence-corrected chi connectivity index (χ1v) is 9.51. The van der Waals surface area contributed by atoms with Crippen molar-refractivity contribution in [1.82, 2.24) is 4.90 Å². The zero-order chi connectivity index (χ0) is 19.8. The van der Waals surface area contributed by atoms with E-state index in [4.69, 9.17) is 27.9 Å². The number of rotatable bonds is 2. The van der Waals surface area contributed by atoms with Crippen molar-refractivity contribution in [2.75, 3.05) is 6.54 Å². The Labute approximate surface area is 171 Å². The molecule has 2 N–H and O–H groups in total. The standard InChI is InChI=1S/C21H17Cl2NO4/c22-17-15-7-8-24(10-16(15)18(23)20(26)19(17)25)21(27)28-11-12-5-6-13-3-1-2-4-14(13)9-12/h1-6,9,25-26H,7-8,10-11H2. The predicted octanol–water partition coefficient (Wildman–Crippen LogP) is 5.25. The summed E-state index contributed by atoms with van der Waals surface area (Å²) in [5.41, 5.74) is 2.06. The van der Waals surface area contributed by atoms with Crippen molar-refractivity contribution in [3.63, 3.8) is 0 Å². The molecule has 0 aromatic heterocycles. The Morgan fingerprint density at radius 3 is 2.43 bits per heavy atom. The SMILES string of the molecule is O=C(OCc1ccc2ccccc2c1)N1CCc2c(Cl)c(O)c(O)c(Cl)c2C1. The number of hydrogen-bond acceptors (Lipinski definition) is 4. The van der Waals surface area contributed by atoms with Crippen LogP contribution in [0.5, 0.6) is 11.5 Å². The van der Waals surface area contributed by atoms with E-state index in [2.05, 4.69) is 0 Å². The molecule has 0 bridgehead atoms. The molecule has 144 valence electrons. The fourth-order valence-corrected chi connectivity index (χ4v) is 3.98. The van der Waals surface area contributed by atoms with Crippen LogP contribution in [0.2, 0.25) is 10.0 Å². The zero-order valence-corrected chi connectivity index (χ0v) is 16.3. The molecular weight excluding hydrogens is 401 g/mol. The van der Waals surface area contributed by atoms with Crippen LogP contribution in [-0.2, 0) is 24.3 Å². The topological polar surface area (TPSA) is 70.0 Å². The third-order valence-electron chi connectivity index (χ3n) is 4.95. The Morgan fingerprint density at radius 1 is 1.00 bits per heavy atom. The van der Waals surface area contributed by atoms with E-state index in [1.54, 1.807) is 0 Å². The van der Waals surface area contributed by atoms with Crippen LogP contribution in [0.4, 0.5) is 4.79 Å². The van der Waals surface area contributed by atoms with Crippen LogP contribution in [0.15, 0.2) is 42.5 Å². The summed E-state index contributed by atoms with van der Waals surface area (Å²) in [6.45, 7) is 0.685. The van der Waals surface area contributed by atoms with E-state index in [0.29, 0.717) is 24.1 Å². The number of carbonyl (C=O) groups is 1. The maximum Gasteiger partial charge on any atom is 0.410 e. The summed E-state index contributed by atoms with van der Waals surface area (Å²) >= 11 is 12.2. The fraction of sp³-hybridized carbons (Fsp3) is 0.190. The number of amides is 1. The highest BCUT2D eigenvalue weighted by atomic mass is 35.5. The molecule has 0 radical (unpaired) electrons. The molecule has 0 saturated carbocycles. The van der Waals surface area contributed by atoms with E-state index in [1.165, 1.54) is 4.90 Å². The van der Waals surface area contributed by atoms with Gasteiger partial charge in [-0.15, -0.1) is 0 Å². The molecular formula is C21H17Cl2NO4. The van der Waals surface area contributed by atoms with Crippen molar-refractivity contribution in [2.45, 2.75) is 19.6 Å². The Kier molecular flexibility index (Phi) is 4.96. The molecule has 3 aromatic carbocycles. The van der Waals surface area contributed by atoms with E-state index >= 15 is 0 Å². The zero-order valence-electron chi connectivity index (χ0n) is 14.8. The molecule has 0 unspecified atom stereocenters. The van der Waals surface area contributed by atoms with Crippen molar-refractivity contribution in [3.05, 3.63) is 69.2 Å². The lowest BCUT2D eigenvalue weighted by molar-refractivity contribution is 0.0918. The van der Waals surface area contributed by atoms with Crippen LogP contribution in [0.3, 0.4) is 0 Å². The normalized spacial score (nSPS) is 13.4. The van der Waals surface area contributed by atoms with Gasteiger partial charge in [0.05, 0.1) is 16.6 Å². The van der Waals surface area contributed by atoms with Gasteiger partial charge in [0.25, 0.3) is 0 Å². The molecule has 5 nitrogen and oxygen atoms in total. The highest BCUT2D eigenvalue weighted by Gasteiger charge is 2.29. The molecule has 1 heterocycles. The van der Waals surface area contributed by atoms with Crippen LogP contribution < -0.4 is 0 Å². The van der Waals surface area contributed by atoms with Gasteiger partial charge in [0.15, 0.2) is 11.5 Å². The quantitative estimate of drug-likeness (QED) is 0.558. The molecule has 0 atom stereocenters. The first-order valence-electron chi connectivity index (χ1n) is 8.75. The highest BCUT2D eigenvalue weighted by molar-refractivity contribution is 6.36. The number of fused-ring (bicyclic) bond motifs is 2. The third kappa shape index (κ3) is 3.32. The molecule has 1 aliphatic heterocycles. The summed E-state index contributed by atoms with van der Waals surface area (Å²) in [6, 6.07) is 13.9. The van der Waals surface area contributed by atoms with E-state index in [1.807, 2.05) is 42.5 Å². The first-order chi connectivity index (χ1) is 13.5. The Morgan fingerprint density at radius 2 is 1.68 bits per heavy atom. The average molecular weight is 418 g/mol. The molecule has 0 spiro atoms. The molecule has 0 aliphatic carbocycles. The molecule has 1 aliphatic rings. The van der Waals surface area contributed by atoms with Crippen LogP contribution in [-0.4, -0.2) is 27.8 Å². The van der Waals surface area contributed by atoms with Crippen molar-refractivity contribution < 1.29 is 19.7 Å². The molecule has 0 fully saturated rings. The number of aromatic hydroxyl groups is 2. The molecule has 1 amide bonds. The van der Waals surface area contributed by atoms with Crippen molar-refractivity contribution >= 4 is 40.1 Å². The van der Waals surface area contributed by atoms with Gasteiger partial charge >= 0.3 is 6.09 Å². The minimum absolute atomic E-state index is 0.00364. The summed E-state index contributed by atoms with van der Waals surface area (Å²) in [5, 5.41) is 22.0. The van der Waals surface area contributed by atoms with Gasteiger partial charge in [0.1, 0.15) is 6.61 Å². The van der Waals surface area contributed by atoms with E-state index in [-0.39, 0.29) is 23.2 Å². The number of phenolic OH excluding ortho intramolecular Hbond substituents is 2. The van der Waals surface area contributed by atoms with Gasteiger partial charge in [0.2, 0.25) is 0 Å². The molecule has 3 aromatic rings. The molecule has 7 heteroatoms. The maximum atomic E-state index is 12.5. The highest BCUT2D eigenvalue weighted by Crippen LogP contribution is 2.46. The molecule has 0 saturated heterocycles. The summed E-state index contributed by atoms with van der Waals surface area (Å²) in [7, 11) is 0. The first kappa shape index (κ1) is 18.7. The summed E-state index contributed by atoms with van der Waals surface area (Å²) in [6.07, 6.45) is -0.0640. The van der Waals surface area contributed by atoms with Gasteiger partial charge in [-0.05, 0) is 39.9 Å². The smallest absolute Gasteiger partial charge is 0.410 e. The predicted molar refractivity (Wildman–Crippen MR) is 108 cm³/mol. The van der Waals surface area contributed by atoms with Crippen LogP contribution in [0.25, 0.3) is 10.8 Å². The van der Waals surface area contributed by atoms with E-state index < -0.39 is 17.6 Å². The van der Waals surface area contributed by atoms with Gasteiger partial charge in [0, 0.05) is 6.54 Å². The number of ether oxygens (including phenoxy) is 1. The summed E-state index contributed by atoms with van der Waals surface area (Å²) in [4.78, 5) is 14.0. The second-order valence-corrected chi connectivity index (χ2v) is 7.45. The Bertz CT molecular complexity index is 1080. The van der Waals surface area contributed by atoms with E-state index in [9.17, 15) is 15.0 Å². The van der Waals surface area contributed by atoms with Gasteiger partial charge < -0.3 is 19.8 Å². The van der Waals surface area contributed by atoms with Crippen molar-refractivity contribution in [2.24, 2.45) is 0 Å². The Hall–Kier alpha value is -2.63. The minimum atomic E-state index is -0.475. The van der Waals surface area contributed by atoms with Gasteiger partial charge in [-0.2, -0.15) is 0 Å². The molecule has 28 heavy (non-hydrogen) atoms. The third-order valence-corrected chi connectivity index (χ3v) is 5.76. The van der Waals surface area contributed by atoms with Crippen LogP contribution in [0, 0.1) is 0 Å². The number of halogens is 2. The number of carbonyl (C=O) groups excluding carboxylic acids is 1. The van der Waals surface area contributed by atoms with Gasteiger partial charge in [-0.25, -0.2) is 4.79 Å². The lowest BCUT2D eigenvalue weighted by Crippen LogP contribution is -2.36. The number of benzene rings is 3. The van der Waals surface area contributed by atoms with Crippen LogP contribution >= 0.6 is 23.2 Å². The number of nitrogens with zero attached hydrogens (tertiary/aromatic N) is 1. The largest absolute Gasteiger partial charge is 0.503 e. The lowest BCUT2D eigenvalue weighted by atomic mass is 9.98. The molecule has 4 rings (SSSR count). The van der Waals surface area contributed by atoms with Crippen molar-refractivity contribution in [1.29, 1.82) is 0 Å². The lowest BCUT2D eigenvalue weighted by Gasteiger charge is -2.30. The minimum Gasteiger partial charge on any atom is -0.503 e.